The van der Waals surface area contributed by atoms with E-state index in [1.165, 1.54) is 81.2 Å². The van der Waals surface area contributed by atoms with Gasteiger partial charge in [-0.1, -0.05) is 109 Å². The first kappa shape index (κ1) is 63.1. The number of aliphatic hydroxyl groups excluding tert-OH is 2. The second-order valence-electron chi connectivity index (χ2n) is 20.0. The van der Waals surface area contributed by atoms with Crippen LogP contribution >= 0.6 is 0 Å². The second-order valence-corrected chi connectivity index (χ2v) is 20.0. The quantitative estimate of drug-likeness (QED) is 0.189. The van der Waals surface area contributed by atoms with Crippen LogP contribution < -0.4 is 0 Å². The highest BCUT2D eigenvalue weighted by Gasteiger charge is 2.35. The van der Waals surface area contributed by atoms with E-state index in [1.54, 1.807) is 0 Å². The van der Waals surface area contributed by atoms with E-state index in [4.69, 9.17) is 9.47 Å². The lowest BCUT2D eigenvalue weighted by Crippen LogP contribution is -2.35. The van der Waals surface area contributed by atoms with Crippen molar-refractivity contribution in [3.05, 3.63) is 0 Å². The molecule has 0 aliphatic heterocycles. The Morgan fingerprint density at radius 1 is 0.359 bits per heavy atom. The Bertz CT molecular complexity index is 1120. The minimum absolute atomic E-state index is 0.0289. The van der Waals surface area contributed by atoms with Gasteiger partial charge in [-0.3, -0.25) is 0 Å². The van der Waals surface area contributed by atoms with Crippen LogP contribution in [0.5, 0.6) is 0 Å². The Labute approximate surface area is 389 Å². The summed E-state index contributed by atoms with van der Waals surface area (Å²) in [7, 11) is 7.74. The first-order valence-corrected chi connectivity index (χ1v) is 24.0. The molecule has 2 N–H and O–H groups in total. The summed E-state index contributed by atoms with van der Waals surface area (Å²) in [5, 5.41) is 19.4. The van der Waals surface area contributed by atoms with Crippen molar-refractivity contribution in [2.24, 2.45) is 71.0 Å². The molecule has 0 spiro atoms. The van der Waals surface area contributed by atoms with Gasteiger partial charge in [-0.15, -0.1) is 0 Å². The molecular formula is C50H96O14. The minimum atomic E-state index is -0.657. The van der Waals surface area contributed by atoms with Crippen molar-refractivity contribution in [3.63, 3.8) is 0 Å². The Morgan fingerprint density at radius 2 is 0.578 bits per heavy atom. The number of ether oxygens (including phenoxy) is 8. The number of aliphatic hydroxyl groups is 2. The van der Waals surface area contributed by atoms with Gasteiger partial charge in [0.15, 0.2) is 0 Å². The molecule has 4 aliphatic carbocycles. The fourth-order valence-corrected chi connectivity index (χ4v) is 9.31. The van der Waals surface area contributed by atoms with Crippen LogP contribution in [0, 0.1) is 71.0 Å². The molecule has 14 heteroatoms. The first-order chi connectivity index (χ1) is 29.9. The van der Waals surface area contributed by atoms with Crippen molar-refractivity contribution in [3.8, 4) is 0 Å². The molecule has 4 rings (SSSR count). The van der Waals surface area contributed by atoms with Crippen LogP contribution in [0.4, 0.5) is 19.2 Å². The average molecular weight is 921 g/mol. The van der Waals surface area contributed by atoms with Crippen LogP contribution in [-0.4, -0.2) is 102 Å². The van der Waals surface area contributed by atoms with E-state index >= 15 is 0 Å². The van der Waals surface area contributed by atoms with Crippen LogP contribution in [0.3, 0.4) is 0 Å². The summed E-state index contributed by atoms with van der Waals surface area (Å²) < 4.78 is 35.9. The number of carbonyl (C=O) groups is 4. The van der Waals surface area contributed by atoms with E-state index in [0.29, 0.717) is 59.2 Å². The molecule has 12 atom stereocenters. The summed E-state index contributed by atoms with van der Waals surface area (Å²) in [5.74, 6) is 7.29. The molecule has 0 radical (unpaired) electrons. The topological polar surface area (TPSA) is 183 Å². The smallest absolute Gasteiger partial charge is 0.438 e. The number of methoxy groups -OCH3 is 6. The van der Waals surface area contributed by atoms with Gasteiger partial charge in [-0.05, 0) is 122 Å². The highest BCUT2D eigenvalue weighted by atomic mass is 16.7. The van der Waals surface area contributed by atoms with Crippen LogP contribution in [0.2, 0.25) is 0 Å². The largest absolute Gasteiger partial charge is 0.508 e. The van der Waals surface area contributed by atoms with Crippen LogP contribution in [0.15, 0.2) is 0 Å². The monoisotopic (exact) mass is 921 g/mol. The van der Waals surface area contributed by atoms with Gasteiger partial charge in [-0.25, -0.2) is 19.2 Å². The van der Waals surface area contributed by atoms with Crippen molar-refractivity contribution in [1.29, 1.82) is 0 Å². The summed E-state index contributed by atoms with van der Waals surface area (Å²) >= 11 is 0. The summed E-state index contributed by atoms with van der Waals surface area (Å²) in [6.07, 6.45) is 11.4. The molecule has 0 unspecified atom stereocenters. The molecule has 4 saturated carbocycles. The van der Waals surface area contributed by atoms with Crippen LogP contribution in [-0.2, 0) is 37.9 Å². The van der Waals surface area contributed by atoms with Gasteiger partial charge >= 0.3 is 24.6 Å². The van der Waals surface area contributed by atoms with E-state index in [0.717, 1.165) is 50.4 Å². The molecule has 0 heterocycles. The standard InChI is InChI=1S/2C12H22O3.2C10H20O.2C3H6O3/c2*1-8(2)10-6-5-9(3)7-11(10)15-12(13)14-4;2*1-7(2)9-5-4-8(3)6-10(9)11;2*1-5-3(4)6-2/h2*8-11H,5-7H2,1-4H3;2*7-11H,4-6H2,1-3H3;2*1-2H3/t9-,10+,11+;9-,10+,11-;8-,9+,10+;8-,9+,10-;;/m1111../s1. The number of hydrogen-bond acceptors (Lipinski definition) is 14. The summed E-state index contributed by atoms with van der Waals surface area (Å²) in [4.78, 5) is 41.7. The predicted octanol–water partition coefficient (Wildman–Crippen LogP) is 12.1. The number of hydrogen-bond donors (Lipinski definition) is 2. The maximum Gasteiger partial charge on any atom is 0.508 e. The maximum atomic E-state index is 11.1. The number of rotatable bonds is 6. The molecule has 4 fully saturated rings. The predicted molar refractivity (Wildman–Crippen MR) is 251 cm³/mol. The molecule has 4 aliphatic rings. The normalized spacial score (nSPS) is 29.6. The Kier molecular flexibility index (Phi) is 34.7. The van der Waals surface area contributed by atoms with Gasteiger partial charge in [0.25, 0.3) is 0 Å². The first-order valence-electron chi connectivity index (χ1n) is 24.0. The highest BCUT2D eigenvalue weighted by Crippen LogP contribution is 2.37. The third-order valence-electron chi connectivity index (χ3n) is 13.4. The third-order valence-corrected chi connectivity index (χ3v) is 13.4. The summed E-state index contributed by atoms with van der Waals surface area (Å²) in [6.45, 7) is 26.5. The maximum absolute atomic E-state index is 11.1. The van der Waals surface area contributed by atoms with Crippen molar-refractivity contribution >= 4 is 24.6 Å². The van der Waals surface area contributed by atoms with Crippen molar-refractivity contribution < 1.29 is 67.3 Å². The van der Waals surface area contributed by atoms with Gasteiger partial charge < -0.3 is 48.1 Å². The fourth-order valence-electron chi connectivity index (χ4n) is 9.31. The van der Waals surface area contributed by atoms with Gasteiger partial charge in [-0.2, -0.15) is 0 Å². The molecule has 0 aromatic heterocycles. The summed E-state index contributed by atoms with van der Waals surface area (Å²) in [5.41, 5.74) is 0. The molecular weight excluding hydrogens is 825 g/mol. The molecule has 0 aromatic carbocycles. The second kappa shape index (κ2) is 35.2. The van der Waals surface area contributed by atoms with Gasteiger partial charge in [0.05, 0.1) is 54.9 Å². The molecule has 14 nitrogen and oxygen atoms in total. The van der Waals surface area contributed by atoms with Crippen molar-refractivity contribution in [2.75, 3.05) is 42.7 Å². The molecule has 64 heavy (non-hydrogen) atoms. The van der Waals surface area contributed by atoms with Crippen molar-refractivity contribution in [1.82, 2.24) is 0 Å². The van der Waals surface area contributed by atoms with Crippen LogP contribution in [0.1, 0.15) is 160 Å². The van der Waals surface area contributed by atoms with Crippen LogP contribution in [0.25, 0.3) is 0 Å². The minimum Gasteiger partial charge on any atom is -0.438 e. The van der Waals surface area contributed by atoms with Gasteiger partial charge in [0.1, 0.15) is 12.2 Å². The molecule has 0 bridgehead atoms. The molecule has 380 valence electrons. The average Bonchev–Trinajstić information content (AvgIpc) is 3.23. The Balaban J connectivity index is 0. The Morgan fingerprint density at radius 3 is 0.766 bits per heavy atom. The zero-order valence-corrected chi connectivity index (χ0v) is 43.5. The fraction of sp³-hybridized carbons (Fsp3) is 0.920. The SMILES string of the molecule is CC(C)[C@@H]1CC[C@@H](C)C[C@@H]1O.CC(C)[C@@H]1CC[C@@H](C)C[C@H]1O.COC(=O)OC.COC(=O)OC.COC(=O)O[C@@H]1C[C@H](C)CC[C@H]1C(C)C.COC(=O)O[C@H]1C[C@H](C)CC[C@H]1C(C)C. The lowest BCUT2D eigenvalue weighted by Gasteiger charge is -2.36. The lowest BCUT2D eigenvalue weighted by atomic mass is 9.75. The van der Waals surface area contributed by atoms with E-state index in [9.17, 15) is 29.4 Å². The lowest BCUT2D eigenvalue weighted by molar-refractivity contribution is -0.0255. The Hall–Kier alpha value is -3.00. The van der Waals surface area contributed by atoms with E-state index in [-0.39, 0.29) is 24.4 Å². The van der Waals surface area contributed by atoms with E-state index in [1.807, 2.05) is 0 Å². The van der Waals surface area contributed by atoms with E-state index in [2.05, 4.69) is 112 Å². The van der Waals surface area contributed by atoms with E-state index < -0.39 is 24.6 Å². The molecule has 0 aromatic rings. The third kappa shape index (κ3) is 27.5. The zero-order chi connectivity index (χ0) is 49.7. The molecule has 0 saturated heterocycles. The van der Waals surface area contributed by atoms with Crippen molar-refractivity contribution in [2.45, 2.75) is 185 Å². The zero-order valence-electron chi connectivity index (χ0n) is 43.5. The van der Waals surface area contributed by atoms with Gasteiger partial charge in [0.2, 0.25) is 0 Å². The highest BCUT2D eigenvalue weighted by molar-refractivity contribution is 5.60. The number of carbonyl (C=O) groups excluding carboxylic acids is 4. The summed E-state index contributed by atoms with van der Waals surface area (Å²) in [6, 6.07) is 0. The molecule has 0 amide bonds. The van der Waals surface area contributed by atoms with Gasteiger partial charge in [0, 0.05) is 0 Å².